The Hall–Kier alpha value is -2.88. The van der Waals surface area contributed by atoms with Crippen molar-refractivity contribution >= 4 is 17.9 Å². The second kappa shape index (κ2) is 10.8. The number of likely N-dealkylation sites (tertiary alicyclic amines) is 1. The van der Waals surface area contributed by atoms with Crippen molar-refractivity contribution in [3.05, 3.63) is 77.9 Å². The van der Waals surface area contributed by atoms with Gasteiger partial charge >= 0.3 is 0 Å². The predicted octanol–water partition coefficient (Wildman–Crippen LogP) is 4.84. The highest BCUT2D eigenvalue weighted by Gasteiger charge is 2.28. The number of carbonyl (C=O) groups is 2. The first-order valence-corrected chi connectivity index (χ1v) is 10.9. The van der Waals surface area contributed by atoms with E-state index in [9.17, 15) is 9.59 Å². The first-order chi connectivity index (χ1) is 14.5. The molecule has 0 radical (unpaired) electrons. The maximum atomic E-state index is 12.9. The molecule has 1 aliphatic heterocycles. The zero-order valence-electron chi connectivity index (χ0n) is 18.0. The number of amides is 2. The van der Waals surface area contributed by atoms with E-state index in [-0.39, 0.29) is 23.8 Å². The molecule has 4 heteroatoms. The van der Waals surface area contributed by atoms with Crippen LogP contribution in [0.5, 0.6) is 0 Å². The normalized spacial score (nSPS) is 16.0. The van der Waals surface area contributed by atoms with Gasteiger partial charge in [-0.3, -0.25) is 9.59 Å². The summed E-state index contributed by atoms with van der Waals surface area (Å²) in [6, 6.07) is 20.0. The van der Waals surface area contributed by atoms with Gasteiger partial charge in [0.25, 0.3) is 0 Å². The van der Waals surface area contributed by atoms with Crippen LogP contribution in [0.15, 0.2) is 66.7 Å². The lowest BCUT2D eigenvalue weighted by molar-refractivity contribution is -0.132. The summed E-state index contributed by atoms with van der Waals surface area (Å²) in [5.74, 6) is 0.577. The first-order valence-electron chi connectivity index (χ1n) is 10.9. The SMILES string of the molecule is CC(C)CC(NC(=O)C1CCN(C(=O)/C=C/c2ccccc2)CC1)c1ccccc1. The first kappa shape index (κ1) is 21.8. The van der Waals surface area contributed by atoms with Crippen LogP contribution in [-0.2, 0) is 9.59 Å². The summed E-state index contributed by atoms with van der Waals surface area (Å²) in [5, 5.41) is 3.27. The van der Waals surface area contributed by atoms with E-state index in [2.05, 4.69) is 31.3 Å². The molecule has 0 saturated carbocycles. The summed E-state index contributed by atoms with van der Waals surface area (Å²) >= 11 is 0. The molecule has 30 heavy (non-hydrogen) atoms. The van der Waals surface area contributed by atoms with Crippen molar-refractivity contribution in [2.24, 2.45) is 11.8 Å². The average molecular weight is 405 g/mol. The van der Waals surface area contributed by atoms with Crippen molar-refractivity contribution in [3.8, 4) is 0 Å². The number of nitrogens with zero attached hydrogens (tertiary/aromatic N) is 1. The van der Waals surface area contributed by atoms with Gasteiger partial charge in [0.1, 0.15) is 0 Å². The van der Waals surface area contributed by atoms with Crippen LogP contribution in [0, 0.1) is 11.8 Å². The van der Waals surface area contributed by atoms with Crippen LogP contribution in [0.1, 0.15) is 50.3 Å². The maximum absolute atomic E-state index is 12.9. The largest absolute Gasteiger partial charge is 0.349 e. The third kappa shape index (κ3) is 6.31. The summed E-state index contributed by atoms with van der Waals surface area (Å²) in [7, 11) is 0. The van der Waals surface area contributed by atoms with Crippen molar-refractivity contribution in [1.29, 1.82) is 0 Å². The summed E-state index contributed by atoms with van der Waals surface area (Å²) in [4.78, 5) is 27.2. The number of piperidine rings is 1. The molecule has 1 aliphatic rings. The van der Waals surface area contributed by atoms with E-state index in [0.29, 0.717) is 31.8 Å². The lowest BCUT2D eigenvalue weighted by atomic mass is 9.93. The molecule has 1 saturated heterocycles. The number of carbonyl (C=O) groups excluding carboxylic acids is 2. The molecule has 2 amide bonds. The molecule has 0 aromatic heterocycles. The van der Waals surface area contributed by atoms with E-state index < -0.39 is 0 Å². The van der Waals surface area contributed by atoms with Crippen LogP contribution < -0.4 is 5.32 Å². The Labute approximate surface area is 180 Å². The number of rotatable bonds is 7. The highest BCUT2D eigenvalue weighted by molar-refractivity contribution is 5.92. The number of hydrogen-bond donors (Lipinski definition) is 1. The molecule has 2 aromatic carbocycles. The van der Waals surface area contributed by atoms with Crippen molar-refractivity contribution in [3.63, 3.8) is 0 Å². The minimum atomic E-state index is -0.0365. The summed E-state index contributed by atoms with van der Waals surface area (Å²) < 4.78 is 0. The Bertz CT molecular complexity index is 838. The third-order valence-corrected chi connectivity index (χ3v) is 5.62. The molecule has 4 nitrogen and oxygen atoms in total. The second-order valence-electron chi connectivity index (χ2n) is 8.44. The molecule has 3 rings (SSSR count). The smallest absolute Gasteiger partial charge is 0.246 e. The topological polar surface area (TPSA) is 49.4 Å². The molecule has 0 spiro atoms. The lowest BCUT2D eigenvalue weighted by Gasteiger charge is -2.32. The van der Waals surface area contributed by atoms with Gasteiger partial charge in [-0.15, -0.1) is 0 Å². The molecule has 2 aromatic rings. The molecule has 1 heterocycles. The van der Waals surface area contributed by atoms with Gasteiger partial charge < -0.3 is 10.2 Å². The van der Waals surface area contributed by atoms with Crippen LogP contribution in [0.3, 0.4) is 0 Å². The van der Waals surface area contributed by atoms with Gasteiger partial charge in [-0.25, -0.2) is 0 Å². The Morgan fingerprint density at radius 3 is 2.20 bits per heavy atom. The predicted molar refractivity (Wildman–Crippen MR) is 122 cm³/mol. The zero-order chi connectivity index (χ0) is 21.3. The highest BCUT2D eigenvalue weighted by atomic mass is 16.2. The van der Waals surface area contributed by atoms with Gasteiger partial charge in [-0.05, 0) is 42.4 Å². The molecule has 1 atom stereocenters. The second-order valence-corrected chi connectivity index (χ2v) is 8.44. The van der Waals surface area contributed by atoms with Crippen molar-refractivity contribution in [2.45, 2.75) is 39.2 Å². The Kier molecular flexibility index (Phi) is 7.83. The van der Waals surface area contributed by atoms with Gasteiger partial charge in [-0.2, -0.15) is 0 Å². The fourth-order valence-corrected chi connectivity index (χ4v) is 3.92. The van der Waals surface area contributed by atoms with E-state index in [1.165, 1.54) is 0 Å². The van der Waals surface area contributed by atoms with Crippen molar-refractivity contribution in [2.75, 3.05) is 13.1 Å². The lowest BCUT2D eigenvalue weighted by Crippen LogP contribution is -2.43. The Morgan fingerprint density at radius 1 is 1.00 bits per heavy atom. The Morgan fingerprint density at radius 2 is 1.60 bits per heavy atom. The molecule has 0 bridgehead atoms. The van der Waals surface area contributed by atoms with E-state index in [1.54, 1.807) is 6.08 Å². The van der Waals surface area contributed by atoms with Gasteiger partial charge in [-0.1, -0.05) is 74.5 Å². The van der Waals surface area contributed by atoms with Crippen molar-refractivity contribution < 1.29 is 9.59 Å². The number of benzene rings is 2. The van der Waals surface area contributed by atoms with E-state index >= 15 is 0 Å². The monoisotopic (exact) mass is 404 g/mol. The Balaban J connectivity index is 1.52. The quantitative estimate of drug-likeness (QED) is 0.671. The van der Waals surface area contributed by atoms with E-state index in [0.717, 1.165) is 17.5 Å². The number of nitrogens with one attached hydrogen (secondary N) is 1. The molecular weight excluding hydrogens is 372 g/mol. The van der Waals surface area contributed by atoms with Gasteiger partial charge in [0.05, 0.1) is 6.04 Å². The zero-order valence-corrected chi connectivity index (χ0v) is 18.0. The molecule has 158 valence electrons. The highest BCUT2D eigenvalue weighted by Crippen LogP contribution is 2.24. The summed E-state index contributed by atoms with van der Waals surface area (Å²) in [6.07, 6.45) is 5.80. The molecule has 1 unspecified atom stereocenters. The molecular formula is C26H32N2O2. The van der Waals surface area contributed by atoms with Crippen LogP contribution in [0.25, 0.3) is 6.08 Å². The summed E-state index contributed by atoms with van der Waals surface area (Å²) in [5.41, 5.74) is 2.16. The van der Waals surface area contributed by atoms with Gasteiger partial charge in [0, 0.05) is 25.1 Å². The van der Waals surface area contributed by atoms with Crippen LogP contribution >= 0.6 is 0 Å². The maximum Gasteiger partial charge on any atom is 0.246 e. The van der Waals surface area contributed by atoms with E-state index in [1.807, 2.05) is 59.5 Å². The van der Waals surface area contributed by atoms with Gasteiger partial charge in [0.2, 0.25) is 11.8 Å². The number of hydrogen-bond acceptors (Lipinski definition) is 2. The standard InChI is InChI=1S/C26H32N2O2/c1-20(2)19-24(22-11-7-4-8-12-22)27-26(30)23-15-17-28(18-16-23)25(29)14-13-21-9-5-3-6-10-21/h3-14,20,23-24H,15-19H2,1-2H3,(H,27,30)/b14-13+. The van der Waals surface area contributed by atoms with Crippen molar-refractivity contribution in [1.82, 2.24) is 10.2 Å². The van der Waals surface area contributed by atoms with Crippen LogP contribution in [0.4, 0.5) is 0 Å². The molecule has 0 aliphatic carbocycles. The van der Waals surface area contributed by atoms with E-state index in [4.69, 9.17) is 0 Å². The fraction of sp³-hybridized carbons (Fsp3) is 0.385. The fourth-order valence-electron chi connectivity index (χ4n) is 3.92. The summed E-state index contributed by atoms with van der Waals surface area (Å²) in [6.45, 7) is 5.59. The third-order valence-electron chi connectivity index (χ3n) is 5.62. The van der Waals surface area contributed by atoms with Gasteiger partial charge in [0.15, 0.2) is 0 Å². The van der Waals surface area contributed by atoms with Crippen LogP contribution in [0.2, 0.25) is 0 Å². The average Bonchev–Trinajstić information content (AvgIpc) is 2.78. The molecule has 1 fully saturated rings. The molecule has 1 N–H and O–H groups in total. The minimum absolute atomic E-state index is 0.0136. The van der Waals surface area contributed by atoms with Crippen LogP contribution in [-0.4, -0.2) is 29.8 Å². The minimum Gasteiger partial charge on any atom is -0.349 e.